The molecule has 0 bridgehead atoms. The van der Waals surface area contributed by atoms with Crippen LogP contribution >= 0.6 is 11.8 Å². The van der Waals surface area contributed by atoms with Crippen molar-refractivity contribution in [2.45, 2.75) is 30.0 Å². The number of thioether (sulfide) groups is 1. The van der Waals surface area contributed by atoms with E-state index in [2.05, 4.69) is 5.32 Å². The number of hydrogen-bond acceptors (Lipinski definition) is 3. The Hall–Kier alpha value is -1.00. The van der Waals surface area contributed by atoms with E-state index in [1.807, 2.05) is 44.2 Å². The SMILES string of the molecule is CC1(C)S[C@@H](c2ccccc2)N[C@H]1C(=O)O. The van der Waals surface area contributed by atoms with Gasteiger partial charge in [0.2, 0.25) is 0 Å². The molecule has 0 unspecified atom stereocenters. The van der Waals surface area contributed by atoms with Crippen molar-refractivity contribution in [3.05, 3.63) is 35.9 Å². The first-order chi connectivity index (χ1) is 7.50. The first kappa shape index (κ1) is 11.5. The minimum atomic E-state index is -0.782. The smallest absolute Gasteiger partial charge is 0.322 e. The van der Waals surface area contributed by atoms with Crippen molar-refractivity contribution in [1.82, 2.24) is 5.32 Å². The summed E-state index contributed by atoms with van der Waals surface area (Å²) in [6.07, 6.45) is 0. The van der Waals surface area contributed by atoms with Crippen LogP contribution in [0.4, 0.5) is 0 Å². The topological polar surface area (TPSA) is 49.3 Å². The summed E-state index contributed by atoms with van der Waals surface area (Å²) in [6.45, 7) is 3.93. The molecule has 16 heavy (non-hydrogen) atoms. The number of carboxylic acids is 1. The Morgan fingerprint density at radius 1 is 1.38 bits per heavy atom. The maximum atomic E-state index is 11.1. The Morgan fingerprint density at radius 2 is 2.00 bits per heavy atom. The lowest BCUT2D eigenvalue weighted by Gasteiger charge is -2.20. The lowest BCUT2D eigenvalue weighted by molar-refractivity contribution is -0.139. The van der Waals surface area contributed by atoms with Gasteiger partial charge in [0.25, 0.3) is 0 Å². The van der Waals surface area contributed by atoms with Gasteiger partial charge in [-0.3, -0.25) is 10.1 Å². The Bertz CT molecular complexity index is 391. The fourth-order valence-corrected chi connectivity index (χ4v) is 3.33. The van der Waals surface area contributed by atoms with E-state index >= 15 is 0 Å². The van der Waals surface area contributed by atoms with E-state index in [-0.39, 0.29) is 10.1 Å². The second kappa shape index (κ2) is 4.11. The number of aliphatic carboxylic acids is 1. The van der Waals surface area contributed by atoms with Crippen LogP contribution in [0.3, 0.4) is 0 Å². The Kier molecular flexibility index (Phi) is 2.95. The summed E-state index contributed by atoms with van der Waals surface area (Å²) < 4.78 is -0.285. The van der Waals surface area contributed by atoms with Gasteiger partial charge in [-0.25, -0.2) is 0 Å². The predicted molar refractivity (Wildman–Crippen MR) is 65.4 cm³/mol. The van der Waals surface area contributed by atoms with Gasteiger partial charge in [0.1, 0.15) is 6.04 Å². The standard InChI is InChI=1S/C12H15NO2S/c1-12(2)9(11(14)15)13-10(16-12)8-6-4-3-5-7-8/h3-7,9-10,13H,1-2H3,(H,14,15)/t9-,10-/m0/s1. The molecule has 2 rings (SSSR count). The Morgan fingerprint density at radius 3 is 2.50 bits per heavy atom. The summed E-state index contributed by atoms with van der Waals surface area (Å²) in [4.78, 5) is 11.1. The number of hydrogen-bond donors (Lipinski definition) is 2. The second-order valence-electron chi connectivity index (χ2n) is 4.45. The number of carboxylic acid groups (broad SMARTS) is 1. The molecule has 0 saturated carbocycles. The molecule has 1 aliphatic heterocycles. The summed E-state index contributed by atoms with van der Waals surface area (Å²) in [5.41, 5.74) is 1.13. The molecule has 1 heterocycles. The van der Waals surface area contributed by atoms with Crippen LogP contribution in [0.25, 0.3) is 0 Å². The largest absolute Gasteiger partial charge is 0.480 e. The minimum absolute atomic E-state index is 0.0669. The first-order valence-corrected chi connectivity index (χ1v) is 6.10. The summed E-state index contributed by atoms with van der Waals surface area (Å²) >= 11 is 1.67. The quantitative estimate of drug-likeness (QED) is 0.828. The molecule has 1 fully saturated rings. The summed E-state index contributed by atoms with van der Waals surface area (Å²) in [7, 11) is 0. The van der Waals surface area contributed by atoms with Crippen LogP contribution in [-0.2, 0) is 4.79 Å². The molecule has 1 aliphatic rings. The van der Waals surface area contributed by atoms with E-state index < -0.39 is 12.0 Å². The highest BCUT2D eigenvalue weighted by Crippen LogP contribution is 2.45. The van der Waals surface area contributed by atoms with Crippen LogP contribution in [0.5, 0.6) is 0 Å². The van der Waals surface area contributed by atoms with Gasteiger partial charge in [0, 0.05) is 4.75 Å². The lowest BCUT2D eigenvalue weighted by Crippen LogP contribution is -2.43. The molecule has 0 spiro atoms. The highest BCUT2D eigenvalue weighted by molar-refractivity contribution is 8.01. The molecule has 2 atom stereocenters. The average molecular weight is 237 g/mol. The zero-order valence-electron chi connectivity index (χ0n) is 9.31. The maximum Gasteiger partial charge on any atom is 0.322 e. The second-order valence-corrected chi connectivity index (χ2v) is 6.21. The molecule has 2 N–H and O–H groups in total. The van der Waals surface area contributed by atoms with E-state index in [0.29, 0.717) is 0 Å². The summed E-state index contributed by atoms with van der Waals surface area (Å²) in [5.74, 6) is -0.782. The van der Waals surface area contributed by atoms with Crippen molar-refractivity contribution < 1.29 is 9.90 Å². The third kappa shape index (κ3) is 2.08. The van der Waals surface area contributed by atoms with E-state index in [4.69, 9.17) is 5.11 Å². The molecule has 4 heteroatoms. The van der Waals surface area contributed by atoms with E-state index in [1.54, 1.807) is 11.8 Å². The van der Waals surface area contributed by atoms with Crippen molar-refractivity contribution in [1.29, 1.82) is 0 Å². The highest BCUT2D eigenvalue weighted by Gasteiger charge is 2.45. The summed E-state index contributed by atoms with van der Waals surface area (Å²) in [5, 5.41) is 12.4. The molecule has 0 amide bonds. The molecule has 0 aromatic heterocycles. The average Bonchev–Trinajstić information content (AvgIpc) is 2.56. The fraction of sp³-hybridized carbons (Fsp3) is 0.417. The fourth-order valence-electron chi connectivity index (χ4n) is 1.92. The number of benzene rings is 1. The van der Waals surface area contributed by atoms with E-state index in [9.17, 15) is 4.79 Å². The van der Waals surface area contributed by atoms with Gasteiger partial charge in [-0.1, -0.05) is 30.3 Å². The normalized spacial score (nSPS) is 27.9. The predicted octanol–water partition coefficient (Wildman–Crippen LogP) is 2.25. The van der Waals surface area contributed by atoms with Crippen molar-refractivity contribution >= 4 is 17.7 Å². The van der Waals surface area contributed by atoms with Gasteiger partial charge in [-0.15, -0.1) is 11.8 Å². The molecule has 0 aliphatic carbocycles. The summed E-state index contributed by atoms with van der Waals surface area (Å²) in [6, 6.07) is 9.44. The lowest BCUT2D eigenvalue weighted by atomic mass is 10.0. The molecule has 86 valence electrons. The van der Waals surface area contributed by atoms with Gasteiger partial charge in [-0.2, -0.15) is 0 Å². The molecule has 3 nitrogen and oxygen atoms in total. The zero-order valence-corrected chi connectivity index (χ0v) is 10.1. The van der Waals surface area contributed by atoms with Crippen LogP contribution < -0.4 is 5.32 Å². The van der Waals surface area contributed by atoms with E-state index in [0.717, 1.165) is 5.56 Å². The minimum Gasteiger partial charge on any atom is -0.480 e. The van der Waals surface area contributed by atoms with Crippen LogP contribution in [0.15, 0.2) is 30.3 Å². The van der Waals surface area contributed by atoms with Crippen LogP contribution in [0, 0.1) is 0 Å². The Labute approximate surface area is 99.2 Å². The van der Waals surface area contributed by atoms with Gasteiger partial charge in [0.05, 0.1) is 5.37 Å². The monoisotopic (exact) mass is 237 g/mol. The third-order valence-electron chi connectivity index (χ3n) is 2.78. The first-order valence-electron chi connectivity index (χ1n) is 5.22. The van der Waals surface area contributed by atoms with Gasteiger partial charge < -0.3 is 5.11 Å². The van der Waals surface area contributed by atoms with Crippen LogP contribution in [0.2, 0.25) is 0 Å². The molecular weight excluding hydrogens is 222 g/mol. The van der Waals surface area contributed by atoms with E-state index in [1.165, 1.54) is 0 Å². The molecule has 1 aromatic carbocycles. The third-order valence-corrected chi connectivity index (χ3v) is 4.27. The molecule has 0 radical (unpaired) electrons. The van der Waals surface area contributed by atoms with Crippen LogP contribution in [0.1, 0.15) is 24.8 Å². The van der Waals surface area contributed by atoms with Crippen molar-refractivity contribution in [3.8, 4) is 0 Å². The van der Waals surface area contributed by atoms with Gasteiger partial charge in [-0.05, 0) is 19.4 Å². The number of nitrogens with one attached hydrogen (secondary N) is 1. The van der Waals surface area contributed by atoms with Gasteiger partial charge >= 0.3 is 5.97 Å². The van der Waals surface area contributed by atoms with Crippen molar-refractivity contribution in [3.63, 3.8) is 0 Å². The number of rotatable bonds is 2. The Balaban J connectivity index is 2.21. The molecular formula is C12H15NO2S. The maximum absolute atomic E-state index is 11.1. The number of carbonyl (C=O) groups is 1. The van der Waals surface area contributed by atoms with Gasteiger partial charge in [0.15, 0.2) is 0 Å². The highest BCUT2D eigenvalue weighted by atomic mass is 32.2. The zero-order chi connectivity index (χ0) is 11.8. The van der Waals surface area contributed by atoms with Crippen molar-refractivity contribution in [2.75, 3.05) is 0 Å². The molecule has 1 aromatic rings. The molecule has 1 saturated heterocycles. The van der Waals surface area contributed by atoms with Crippen molar-refractivity contribution in [2.24, 2.45) is 0 Å². The van der Waals surface area contributed by atoms with Crippen LogP contribution in [-0.4, -0.2) is 21.9 Å².